The summed E-state index contributed by atoms with van der Waals surface area (Å²) in [7, 11) is 1.97. The Morgan fingerprint density at radius 2 is 1.76 bits per heavy atom. The van der Waals surface area contributed by atoms with Gasteiger partial charge in [-0.15, -0.1) is 0 Å². The average Bonchev–Trinajstić information content (AvgIpc) is 2.76. The van der Waals surface area contributed by atoms with Crippen LogP contribution < -0.4 is 10.0 Å². The van der Waals surface area contributed by atoms with Gasteiger partial charge in [0.05, 0.1) is 0 Å². The van der Waals surface area contributed by atoms with Gasteiger partial charge in [-0.05, 0) is 60.3 Å². The number of rotatable bonds is 11. The van der Waals surface area contributed by atoms with Gasteiger partial charge in [-0.3, -0.25) is 4.72 Å². The van der Waals surface area contributed by atoms with E-state index in [2.05, 4.69) is 69.4 Å². The van der Waals surface area contributed by atoms with E-state index in [1.807, 2.05) is 13.1 Å². The van der Waals surface area contributed by atoms with Gasteiger partial charge >= 0.3 is 0 Å². The summed E-state index contributed by atoms with van der Waals surface area (Å²) in [6.07, 6.45) is 6.83. The third-order valence-corrected chi connectivity index (χ3v) is 6.20. The van der Waals surface area contributed by atoms with E-state index in [1.54, 1.807) is 36.1 Å². The summed E-state index contributed by atoms with van der Waals surface area (Å²) in [6.45, 7) is 3.21. The molecule has 29 heavy (non-hydrogen) atoms. The summed E-state index contributed by atoms with van der Waals surface area (Å²) < 4.78 is 3.26. The fourth-order valence-corrected chi connectivity index (χ4v) is 4.50. The van der Waals surface area contributed by atoms with Crippen LogP contribution in [0.5, 0.6) is 0 Å². The molecule has 0 saturated carbocycles. The fourth-order valence-electron chi connectivity index (χ4n) is 3.03. The predicted molar refractivity (Wildman–Crippen MR) is 126 cm³/mol. The second-order valence-electron chi connectivity index (χ2n) is 6.69. The van der Waals surface area contributed by atoms with Gasteiger partial charge in [-0.25, -0.2) is 9.97 Å². The SMILES string of the molecule is CCCCNc1cc(CSc2ncccn2)cc(SNC)c1Cc1ccccc1. The number of benzene rings is 2. The van der Waals surface area contributed by atoms with E-state index >= 15 is 0 Å². The third kappa shape index (κ3) is 6.77. The van der Waals surface area contributed by atoms with Crippen LogP contribution in [0.2, 0.25) is 0 Å². The lowest BCUT2D eigenvalue weighted by Gasteiger charge is -2.18. The molecular formula is C23H28N4S2. The van der Waals surface area contributed by atoms with E-state index in [0.29, 0.717) is 0 Å². The Hall–Kier alpha value is -2.02. The van der Waals surface area contributed by atoms with Crippen molar-refractivity contribution in [3.63, 3.8) is 0 Å². The number of thioether (sulfide) groups is 1. The van der Waals surface area contributed by atoms with E-state index in [4.69, 9.17) is 0 Å². The smallest absolute Gasteiger partial charge is 0.187 e. The Balaban J connectivity index is 1.88. The number of hydrogen-bond donors (Lipinski definition) is 2. The molecular weight excluding hydrogens is 396 g/mol. The highest BCUT2D eigenvalue weighted by Gasteiger charge is 2.13. The quantitative estimate of drug-likeness (QED) is 0.176. The highest BCUT2D eigenvalue weighted by atomic mass is 32.2. The number of unbranched alkanes of at least 4 members (excludes halogenated alkanes) is 1. The molecule has 0 fully saturated rings. The van der Waals surface area contributed by atoms with Crippen LogP contribution in [0.4, 0.5) is 5.69 Å². The van der Waals surface area contributed by atoms with Crippen molar-refractivity contribution in [1.29, 1.82) is 0 Å². The molecule has 3 aromatic rings. The average molecular weight is 425 g/mol. The summed E-state index contributed by atoms with van der Waals surface area (Å²) in [5, 5.41) is 4.50. The molecule has 1 aromatic heterocycles. The summed E-state index contributed by atoms with van der Waals surface area (Å²) in [5.41, 5.74) is 5.17. The zero-order valence-electron chi connectivity index (χ0n) is 17.0. The molecule has 3 rings (SSSR count). The Bertz CT molecular complexity index is 873. The first-order chi connectivity index (χ1) is 14.3. The molecule has 0 atom stereocenters. The maximum atomic E-state index is 4.33. The van der Waals surface area contributed by atoms with E-state index < -0.39 is 0 Å². The van der Waals surface area contributed by atoms with E-state index in [9.17, 15) is 0 Å². The third-order valence-electron chi connectivity index (χ3n) is 4.46. The van der Waals surface area contributed by atoms with Crippen molar-refractivity contribution in [2.45, 2.75) is 42.0 Å². The molecule has 0 saturated heterocycles. The maximum Gasteiger partial charge on any atom is 0.187 e. The van der Waals surface area contributed by atoms with Crippen LogP contribution in [0.3, 0.4) is 0 Å². The minimum atomic E-state index is 0.809. The molecule has 0 aliphatic rings. The van der Waals surface area contributed by atoms with Gasteiger partial charge in [-0.1, -0.05) is 55.4 Å². The van der Waals surface area contributed by atoms with Crippen molar-refractivity contribution in [3.8, 4) is 0 Å². The van der Waals surface area contributed by atoms with E-state index in [1.165, 1.54) is 33.7 Å². The van der Waals surface area contributed by atoms with Crippen LogP contribution >= 0.6 is 23.7 Å². The van der Waals surface area contributed by atoms with Crippen molar-refractivity contribution in [3.05, 3.63) is 77.6 Å². The minimum absolute atomic E-state index is 0.809. The molecule has 2 N–H and O–H groups in total. The van der Waals surface area contributed by atoms with Gasteiger partial charge in [0.2, 0.25) is 0 Å². The van der Waals surface area contributed by atoms with E-state index in [-0.39, 0.29) is 0 Å². The molecule has 1 heterocycles. The molecule has 4 nitrogen and oxygen atoms in total. The Morgan fingerprint density at radius 1 is 0.966 bits per heavy atom. The maximum absolute atomic E-state index is 4.33. The molecule has 0 bridgehead atoms. The highest BCUT2D eigenvalue weighted by molar-refractivity contribution is 7.98. The van der Waals surface area contributed by atoms with Crippen molar-refractivity contribution in [1.82, 2.24) is 14.7 Å². The van der Waals surface area contributed by atoms with Crippen LogP contribution in [-0.4, -0.2) is 23.6 Å². The molecule has 6 heteroatoms. The lowest BCUT2D eigenvalue weighted by atomic mass is 10.0. The number of nitrogens with zero attached hydrogens (tertiary/aromatic N) is 2. The zero-order valence-corrected chi connectivity index (χ0v) is 18.7. The Kier molecular flexibility index (Phi) is 8.86. The van der Waals surface area contributed by atoms with Gasteiger partial charge in [0.25, 0.3) is 0 Å². The number of hydrogen-bond acceptors (Lipinski definition) is 6. The molecule has 152 valence electrons. The van der Waals surface area contributed by atoms with Gasteiger partial charge in [0.1, 0.15) is 0 Å². The monoisotopic (exact) mass is 424 g/mol. The molecule has 0 unspecified atom stereocenters. The van der Waals surface area contributed by atoms with Gasteiger partial charge in [0.15, 0.2) is 5.16 Å². The lowest BCUT2D eigenvalue weighted by molar-refractivity contribution is 0.832. The van der Waals surface area contributed by atoms with Crippen LogP contribution in [0.25, 0.3) is 0 Å². The Morgan fingerprint density at radius 3 is 2.48 bits per heavy atom. The van der Waals surface area contributed by atoms with Crippen LogP contribution in [0.15, 0.2) is 71.0 Å². The molecule has 0 radical (unpaired) electrons. The number of nitrogens with one attached hydrogen (secondary N) is 2. The largest absolute Gasteiger partial charge is 0.385 e. The van der Waals surface area contributed by atoms with E-state index in [0.717, 1.165) is 30.3 Å². The first-order valence-corrected chi connectivity index (χ1v) is 11.8. The van der Waals surface area contributed by atoms with Crippen molar-refractivity contribution in [2.24, 2.45) is 0 Å². The van der Waals surface area contributed by atoms with Crippen molar-refractivity contribution < 1.29 is 0 Å². The first-order valence-electron chi connectivity index (χ1n) is 9.97. The summed E-state index contributed by atoms with van der Waals surface area (Å²) in [6, 6.07) is 17.1. The van der Waals surface area contributed by atoms with Crippen LogP contribution in [-0.2, 0) is 12.2 Å². The first kappa shape index (κ1) is 21.7. The Labute approximate surface area is 182 Å². The second-order valence-corrected chi connectivity index (χ2v) is 8.68. The zero-order chi connectivity index (χ0) is 20.3. The summed E-state index contributed by atoms with van der Waals surface area (Å²) in [5.74, 6) is 0.843. The second kappa shape index (κ2) is 11.9. The summed E-state index contributed by atoms with van der Waals surface area (Å²) in [4.78, 5) is 9.92. The number of aromatic nitrogens is 2. The van der Waals surface area contributed by atoms with Gasteiger partial charge in [0, 0.05) is 41.7 Å². The molecule has 0 aliphatic heterocycles. The molecule has 0 amide bonds. The van der Waals surface area contributed by atoms with Crippen LogP contribution in [0.1, 0.15) is 36.5 Å². The van der Waals surface area contributed by atoms with Crippen LogP contribution in [0, 0.1) is 0 Å². The molecule has 0 aliphatic carbocycles. The standard InChI is InChI=1S/C23H28N4S2/c1-3-4-11-25-21-15-19(17-28-23-26-12-8-13-27-23)16-22(29-24-2)20(21)14-18-9-6-5-7-10-18/h5-10,12-13,15-16,24-25H,3-4,11,14,17H2,1-2H3. The van der Waals surface area contributed by atoms with Crippen molar-refractivity contribution in [2.75, 3.05) is 18.9 Å². The number of anilines is 1. The predicted octanol–water partition coefficient (Wildman–Crippen LogP) is 5.80. The highest BCUT2D eigenvalue weighted by Crippen LogP contribution is 2.33. The molecule has 0 spiro atoms. The summed E-state index contributed by atoms with van der Waals surface area (Å²) >= 11 is 3.35. The van der Waals surface area contributed by atoms with Gasteiger partial charge in [-0.2, -0.15) is 0 Å². The van der Waals surface area contributed by atoms with Crippen molar-refractivity contribution >= 4 is 29.4 Å². The molecule has 2 aromatic carbocycles. The fraction of sp³-hybridized carbons (Fsp3) is 0.304. The topological polar surface area (TPSA) is 49.8 Å². The normalized spacial score (nSPS) is 10.8. The lowest BCUT2D eigenvalue weighted by Crippen LogP contribution is -2.07. The van der Waals surface area contributed by atoms with Gasteiger partial charge < -0.3 is 5.32 Å². The minimum Gasteiger partial charge on any atom is -0.385 e.